The molecule has 0 aliphatic heterocycles. The van der Waals surface area contributed by atoms with Crippen molar-refractivity contribution in [1.82, 2.24) is 25.1 Å². The smallest absolute Gasteiger partial charge is 0.274 e. The number of aromatic amines is 1. The minimum absolute atomic E-state index is 0.00325. The molecular formula is C21H24F3N5. The molecule has 0 aliphatic rings. The van der Waals surface area contributed by atoms with Gasteiger partial charge in [-0.15, -0.1) is 0 Å². The maximum absolute atomic E-state index is 12.9. The van der Waals surface area contributed by atoms with E-state index >= 15 is 0 Å². The number of hydrogen-bond acceptors (Lipinski definition) is 4. The van der Waals surface area contributed by atoms with E-state index in [1.807, 2.05) is 45.0 Å². The summed E-state index contributed by atoms with van der Waals surface area (Å²) in [5.41, 5.74) is 0.602. The predicted molar refractivity (Wildman–Crippen MR) is 105 cm³/mol. The van der Waals surface area contributed by atoms with Crippen LogP contribution in [-0.4, -0.2) is 25.1 Å². The summed E-state index contributed by atoms with van der Waals surface area (Å²) in [5, 5.41) is 5.74. The molecule has 3 aromatic rings. The van der Waals surface area contributed by atoms with Gasteiger partial charge in [0.05, 0.1) is 0 Å². The van der Waals surface area contributed by atoms with E-state index < -0.39 is 17.3 Å². The summed E-state index contributed by atoms with van der Waals surface area (Å²) in [6, 6.07) is 8.76. The third-order valence-corrected chi connectivity index (χ3v) is 4.42. The van der Waals surface area contributed by atoms with Crippen molar-refractivity contribution < 1.29 is 13.2 Å². The first-order valence-electron chi connectivity index (χ1n) is 9.25. The van der Waals surface area contributed by atoms with Gasteiger partial charge in [0.2, 0.25) is 0 Å². The van der Waals surface area contributed by atoms with Crippen molar-refractivity contribution in [2.24, 2.45) is 0 Å². The molecule has 0 unspecified atom stereocenters. The van der Waals surface area contributed by atoms with Crippen molar-refractivity contribution in [3.8, 4) is 22.9 Å². The summed E-state index contributed by atoms with van der Waals surface area (Å²) >= 11 is 0. The van der Waals surface area contributed by atoms with Crippen LogP contribution in [0.15, 0.2) is 30.3 Å². The van der Waals surface area contributed by atoms with E-state index in [0.717, 1.165) is 17.2 Å². The molecule has 0 amide bonds. The number of alkyl halides is 3. The Labute approximate surface area is 167 Å². The highest BCUT2D eigenvalue weighted by atomic mass is 19.4. The van der Waals surface area contributed by atoms with E-state index in [1.54, 1.807) is 0 Å². The van der Waals surface area contributed by atoms with Crippen LogP contribution < -0.4 is 0 Å². The molecule has 0 saturated carbocycles. The summed E-state index contributed by atoms with van der Waals surface area (Å²) < 4.78 is 38.8. The number of rotatable bonds is 2. The van der Waals surface area contributed by atoms with Crippen LogP contribution in [0.1, 0.15) is 58.6 Å². The molecule has 0 spiro atoms. The molecule has 0 fully saturated rings. The van der Waals surface area contributed by atoms with Gasteiger partial charge in [-0.2, -0.15) is 18.3 Å². The number of aromatic nitrogens is 5. The van der Waals surface area contributed by atoms with Gasteiger partial charge < -0.3 is 0 Å². The van der Waals surface area contributed by atoms with Gasteiger partial charge in [0.15, 0.2) is 17.3 Å². The largest absolute Gasteiger partial charge is 0.435 e. The molecular weight excluding hydrogens is 379 g/mol. The molecule has 2 aromatic heterocycles. The molecule has 0 bridgehead atoms. The van der Waals surface area contributed by atoms with E-state index in [2.05, 4.69) is 45.9 Å². The molecule has 1 N–H and O–H groups in total. The number of benzene rings is 1. The SMILES string of the molecule is CC(C)(C)c1ccc(-c2nc(-c3cc(C(F)(F)F)n[nH]3)nc(C(C)(C)C)n2)cc1. The number of hydrogen-bond donors (Lipinski definition) is 1. The van der Waals surface area contributed by atoms with E-state index in [-0.39, 0.29) is 16.9 Å². The van der Waals surface area contributed by atoms with E-state index in [4.69, 9.17) is 0 Å². The first-order valence-corrected chi connectivity index (χ1v) is 9.25. The van der Waals surface area contributed by atoms with Crippen LogP contribution in [0.25, 0.3) is 22.9 Å². The summed E-state index contributed by atoms with van der Waals surface area (Å²) in [6.45, 7) is 12.2. The standard InChI is InChI=1S/C21H24F3N5/c1-19(2,3)13-9-7-12(8-10-13)16-25-17(27-18(26-16)20(4,5)6)14-11-15(29-28-14)21(22,23)24/h7-11H,1-6H3,(H,28,29). The molecule has 3 rings (SSSR count). The highest BCUT2D eigenvalue weighted by Crippen LogP contribution is 2.31. The first-order chi connectivity index (χ1) is 13.2. The lowest BCUT2D eigenvalue weighted by molar-refractivity contribution is -0.141. The summed E-state index contributed by atoms with van der Waals surface area (Å²) in [6.07, 6.45) is -4.54. The van der Waals surface area contributed by atoms with Gasteiger partial charge in [-0.1, -0.05) is 65.8 Å². The second-order valence-electron chi connectivity index (χ2n) is 9.05. The Morgan fingerprint density at radius 3 is 1.83 bits per heavy atom. The van der Waals surface area contributed by atoms with Gasteiger partial charge in [0, 0.05) is 11.0 Å². The van der Waals surface area contributed by atoms with Gasteiger partial charge in [-0.05, 0) is 17.0 Å². The van der Waals surface area contributed by atoms with Crippen molar-refractivity contribution in [1.29, 1.82) is 0 Å². The Bertz CT molecular complexity index is 1010. The highest BCUT2D eigenvalue weighted by Gasteiger charge is 2.34. The lowest BCUT2D eigenvalue weighted by atomic mass is 9.86. The van der Waals surface area contributed by atoms with Crippen LogP contribution in [-0.2, 0) is 17.0 Å². The fraction of sp³-hybridized carbons (Fsp3) is 0.429. The monoisotopic (exact) mass is 403 g/mol. The summed E-state index contributed by atoms with van der Waals surface area (Å²) in [4.78, 5) is 13.4. The number of halogens is 3. The molecule has 1 aromatic carbocycles. The fourth-order valence-corrected chi connectivity index (χ4v) is 2.66. The van der Waals surface area contributed by atoms with Gasteiger partial charge in [0.25, 0.3) is 0 Å². The predicted octanol–water partition coefficient (Wildman–Crippen LogP) is 5.54. The van der Waals surface area contributed by atoms with Crippen molar-refractivity contribution >= 4 is 0 Å². The molecule has 29 heavy (non-hydrogen) atoms. The lowest BCUT2D eigenvalue weighted by Crippen LogP contribution is -2.18. The van der Waals surface area contributed by atoms with Crippen molar-refractivity contribution in [2.75, 3.05) is 0 Å². The van der Waals surface area contributed by atoms with Crippen LogP contribution in [0.5, 0.6) is 0 Å². The maximum atomic E-state index is 12.9. The minimum Gasteiger partial charge on any atom is -0.274 e. The van der Waals surface area contributed by atoms with Crippen molar-refractivity contribution in [3.05, 3.63) is 47.4 Å². The minimum atomic E-state index is -4.54. The third-order valence-electron chi connectivity index (χ3n) is 4.42. The second kappa shape index (κ2) is 6.93. The van der Waals surface area contributed by atoms with Gasteiger partial charge in [-0.25, -0.2) is 15.0 Å². The topological polar surface area (TPSA) is 67.3 Å². The Kier molecular flexibility index (Phi) is 5.01. The quantitative estimate of drug-likeness (QED) is 0.610. The van der Waals surface area contributed by atoms with Crippen LogP contribution in [0.3, 0.4) is 0 Å². The second-order valence-corrected chi connectivity index (χ2v) is 9.05. The van der Waals surface area contributed by atoms with Gasteiger partial charge in [0.1, 0.15) is 11.5 Å². The fourth-order valence-electron chi connectivity index (χ4n) is 2.66. The van der Waals surface area contributed by atoms with E-state index in [9.17, 15) is 13.2 Å². The molecule has 0 aliphatic carbocycles. The Morgan fingerprint density at radius 2 is 1.34 bits per heavy atom. The van der Waals surface area contributed by atoms with Crippen molar-refractivity contribution in [2.45, 2.75) is 58.5 Å². The van der Waals surface area contributed by atoms with Gasteiger partial charge >= 0.3 is 6.18 Å². The molecule has 154 valence electrons. The maximum Gasteiger partial charge on any atom is 0.435 e. The lowest BCUT2D eigenvalue weighted by Gasteiger charge is -2.20. The van der Waals surface area contributed by atoms with Crippen LogP contribution >= 0.6 is 0 Å². The zero-order valence-electron chi connectivity index (χ0n) is 17.3. The van der Waals surface area contributed by atoms with E-state index in [0.29, 0.717) is 11.6 Å². The summed E-state index contributed by atoms with van der Waals surface area (Å²) in [7, 11) is 0. The zero-order valence-corrected chi connectivity index (χ0v) is 17.3. The number of nitrogens with one attached hydrogen (secondary N) is 1. The Balaban J connectivity index is 2.11. The molecule has 2 heterocycles. The Morgan fingerprint density at radius 1 is 0.759 bits per heavy atom. The van der Waals surface area contributed by atoms with Crippen LogP contribution in [0.2, 0.25) is 0 Å². The normalized spacial score (nSPS) is 13.0. The van der Waals surface area contributed by atoms with Crippen LogP contribution in [0, 0.1) is 0 Å². The molecule has 0 radical (unpaired) electrons. The summed E-state index contributed by atoms with van der Waals surface area (Å²) in [5.74, 6) is 1.02. The number of nitrogens with zero attached hydrogens (tertiary/aromatic N) is 4. The average Bonchev–Trinajstić information content (AvgIpc) is 3.10. The molecule has 0 saturated heterocycles. The third kappa shape index (κ3) is 4.63. The van der Waals surface area contributed by atoms with Crippen molar-refractivity contribution in [3.63, 3.8) is 0 Å². The highest BCUT2D eigenvalue weighted by molar-refractivity contribution is 5.60. The average molecular weight is 403 g/mol. The Hall–Kier alpha value is -2.77. The molecule has 5 nitrogen and oxygen atoms in total. The zero-order chi connectivity index (χ0) is 21.6. The van der Waals surface area contributed by atoms with E-state index in [1.165, 1.54) is 0 Å². The molecule has 8 heteroatoms. The molecule has 0 atom stereocenters. The van der Waals surface area contributed by atoms with Crippen LogP contribution in [0.4, 0.5) is 13.2 Å². The first kappa shape index (κ1) is 21.0. The van der Waals surface area contributed by atoms with Gasteiger partial charge in [-0.3, -0.25) is 5.10 Å². The number of H-pyrrole nitrogens is 1.